The Balaban J connectivity index is 0. The van der Waals surface area contributed by atoms with E-state index in [4.69, 9.17) is 19.8 Å². The van der Waals surface area contributed by atoms with Crippen LogP contribution in [0.3, 0.4) is 0 Å². The van der Waals surface area contributed by atoms with Crippen molar-refractivity contribution in [3.63, 3.8) is 0 Å². The van der Waals surface area contributed by atoms with Gasteiger partial charge in [-0.1, -0.05) is 129 Å². The van der Waals surface area contributed by atoms with Crippen molar-refractivity contribution in [3.05, 3.63) is 0 Å². The van der Waals surface area contributed by atoms with E-state index in [9.17, 15) is 8.42 Å². The SMILES string of the molecule is CCCCCCCCCCCCOC(C)(C)C(C)(CN)OCCCCCCCCCCCC.COS(=O)(=O)O. The van der Waals surface area contributed by atoms with Gasteiger partial charge in [0, 0.05) is 19.8 Å². The molecule has 39 heavy (non-hydrogen) atoms. The molecule has 0 bridgehead atoms. The third-order valence-electron chi connectivity index (χ3n) is 7.75. The van der Waals surface area contributed by atoms with Crippen molar-refractivity contribution in [2.24, 2.45) is 5.73 Å². The normalized spacial score (nSPS) is 13.6. The summed E-state index contributed by atoms with van der Waals surface area (Å²) in [6.07, 6.45) is 26.9. The Kier molecular flexibility index (Phi) is 27.9. The molecule has 1 atom stereocenters. The molecular weight excluding hydrogens is 514 g/mol. The Labute approximate surface area is 243 Å². The topological polar surface area (TPSA) is 108 Å². The van der Waals surface area contributed by atoms with Gasteiger partial charge in [-0.2, -0.15) is 8.42 Å². The molecule has 0 aliphatic carbocycles. The van der Waals surface area contributed by atoms with Crippen LogP contribution in [-0.4, -0.2) is 51.0 Å². The van der Waals surface area contributed by atoms with Crippen LogP contribution in [0.4, 0.5) is 0 Å². The first-order valence-electron chi connectivity index (χ1n) is 16.0. The predicted molar refractivity (Wildman–Crippen MR) is 166 cm³/mol. The molecule has 3 N–H and O–H groups in total. The molecule has 0 radical (unpaired) electrons. The lowest BCUT2D eigenvalue weighted by Gasteiger charge is -2.43. The van der Waals surface area contributed by atoms with Crippen LogP contribution in [0.15, 0.2) is 0 Å². The highest BCUT2D eigenvalue weighted by Crippen LogP contribution is 2.29. The van der Waals surface area contributed by atoms with E-state index in [1.165, 1.54) is 116 Å². The lowest BCUT2D eigenvalue weighted by molar-refractivity contribution is -0.181. The number of ether oxygens (including phenoxy) is 2. The second-order valence-electron chi connectivity index (χ2n) is 11.6. The van der Waals surface area contributed by atoms with Gasteiger partial charge in [0.2, 0.25) is 0 Å². The molecule has 0 aliphatic heterocycles. The Hall–Kier alpha value is -0.250. The first-order chi connectivity index (χ1) is 18.5. The summed E-state index contributed by atoms with van der Waals surface area (Å²) in [6, 6.07) is 0. The molecule has 0 aromatic carbocycles. The van der Waals surface area contributed by atoms with Gasteiger partial charge in [-0.15, -0.1) is 0 Å². The Morgan fingerprint density at radius 3 is 1.15 bits per heavy atom. The maximum Gasteiger partial charge on any atom is 0.397 e. The van der Waals surface area contributed by atoms with E-state index in [1.54, 1.807) is 0 Å². The Bertz CT molecular complexity index is 614. The van der Waals surface area contributed by atoms with Gasteiger partial charge in [-0.25, -0.2) is 0 Å². The van der Waals surface area contributed by atoms with E-state index in [0.29, 0.717) is 6.54 Å². The van der Waals surface area contributed by atoms with E-state index in [-0.39, 0.29) is 5.60 Å². The van der Waals surface area contributed by atoms with Crippen LogP contribution in [-0.2, 0) is 24.1 Å². The molecule has 0 rings (SSSR count). The van der Waals surface area contributed by atoms with Crippen molar-refractivity contribution in [2.75, 3.05) is 26.9 Å². The molecule has 0 aromatic rings. The zero-order chi connectivity index (χ0) is 29.9. The van der Waals surface area contributed by atoms with Crippen molar-refractivity contribution in [1.82, 2.24) is 0 Å². The van der Waals surface area contributed by atoms with Gasteiger partial charge in [0.25, 0.3) is 0 Å². The molecule has 0 aromatic heterocycles. The first-order valence-corrected chi connectivity index (χ1v) is 17.4. The fraction of sp³-hybridized carbons (Fsp3) is 1.00. The molecule has 0 heterocycles. The van der Waals surface area contributed by atoms with E-state index < -0.39 is 16.0 Å². The fourth-order valence-corrected chi connectivity index (χ4v) is 4.43. The van der Waals surface area contributed by atoms with Crippen molar-refractivity contribution >= 4 is 10.4 Å². The second kappa shape index (κ2) is 26.6. The zero-order valence-electron chi connectivity index (χ0n) is 26.7. The highest BCUT2D eigenvalue weighted by Gasteiger charge is 2.42. The quantitative estimate of drug-likeness (QED) is 0.0737. The minimum Gasteiger partial charge on any atom is -0.373 e. The molecule has 0 amide bonds. The van der Waals surface area contributed by atoms with Gasteiger partial charge in [0.15, 0.2) is 0 Å². The average molecular weight is 582 g/mol. The Morgan fingerprint density at radius 1 is 0.590 bits per heavy atom. The van der Waals surface area contributed by atoms with Crippen molar-refractivity contribution in [3.8, 4) is 0 Å². The van der Waals surface area contributed by atoms with E-state index in [1.807, 2.05) is 0 Å². The van der Waals surface area contributed by atoms with Gasteiger partial charge in [-0.3, -0.25) is 8.74 Å². The lowest BCUT2D eigenvalue weighted by atomic mass is 9.87. The van der Waals surface area contributed by atoms with Crippen LogP contribution in [0.1, 0.15) is 163 Å². The highest BCUT2D eigenvalue weighted by molar-refractivity contribution is 7.80. The average Bonchev–Trinajstić information content (AvgIpc) is 2.90. The molecule has 0 fully saturated rings. The second-order valence-corrected chi connectivity index (χ2v) is 12.8. The van der Waals surface area contributed by atoms with E-state index in [2.05, 4.69) is 38.8 Å². The van der Waals surface area contributed by atoms with Crippen LogP contribution in [0, 0.1) is 0 Å². The van der Waals surface area contributed by atoms with E-state index in [0.717, 1.165) is 33.2 Å². The molecule has 1 unspecified atom stereocenters. The monoisotopic (exact) mass is 581 g/mol. The lowest BCUT2D eigenvalue weighted by Crippen LogP contribution is -2.56. The number of unbranched alkanes of at least 4 members (excludes halogenated alkanes) is 18. The van der Waals surface area contributed by atoms with Crippen molar-refractivity contribution < 1.29 is 26.6 Å². The van der Waals surface area contributed by atoms with Crippen LogP contribution >= 0.6 is 0 Å². The molecule has 0 aliphatic rings. The summed E-state index contributed by atoms with van der Waals surface area (Å²) >= 11 is 0. The smallest absolute Gasteiger partial charge is 0.373 e. The van der Waals surface area contributed by atoms with Gasteiger partial charge < -0.3 is 15.2 Å². The molecule has 0 saturated heterocycles. The highest BCUT2D eigenvalue weighted by atomic mass is 32.3. The molecular formula is C31H67NO6S. The number of hydrogen-bond acceptors (Lipinski definition) is 6. The third kappa shape index (κ3) is 26.4. The van der Waals surface area contributed by atoms with Gasteiger partial charge >= 0.3 is 10.4 Å². The summed E-state index contributed by atoms with van der Waals surface area (Å²) in [5.41, 5.74) is 5.36. The molecule has 0 spiro atoms. The Morgan fingerprint density at radius 2 is 0.872 bits per heavy atom. The maximum absolute atomic E-state index is 9.33. The largest absolute Gasteiger partial charge is 0.397 e. The third-order valence-corrected chi connectivity index (χ3v) is 8.17. The summed E-state index contributed by atoms with van der Waals surface area (Å²) in [7, 11) is -3.29. The molecule has 238 valence electrons. The van der Waals surface area contributed by atoms with Crippen LogP contribution < -0.4 is 5.73 Å². The van der Waals surface area contributed by atoms with Crippen molar-refractivity contribution in [2.45, 2.75) is 174 Å². The van der Waals surface area contributed by atoms with Gasteiger partial charge in [0.1, 0.15) is 5.60 Å². The fourth-order valence-electron chi connectivity index (χ4n) is 4.43. The summed E-state index contributed by atoms with van der Waals surface area (Å²) in [5.74, 6) is 0. The van der Waals surface area contributed by atoms with Crippen LogP contribution in [0.2, 0.25) is 0 Å². The molecule has 8 heteroatoms. The summed E-state index contributed by atoms with van der Waals surface area (Å²) < 4.78 is 42.3. The number of rotatable bonds is 27. The minimum atomic E-state index is -4.16. The predicted octanol–water partition coefficient (Wildman–Crippen LogP) is 8.79. The van der Waals surface area contributed by atoms with Crippen molar-refractivity contribution in [1.29, 1.82) is 0 Å². The van der Waals surface area contributed by atoms with Gasteiger partial charge in [-0.05, 0) is 33.6 Å². The van der Waals surface area contributed by atoms with Crippen LogP contribution in [0.25, 0.3) is 0 Å². The first kappa shape index (κ1) is 40.9. The number of hydrogen-bond donors (Lipinski definition) is 2. The summed E-state index contributed by atoms with van der Waals surface area (Å²) in [6.45, 7) is 13.1. The minimum absolute atomic E-state index is 0.362. The van der Waals surface area contributed by atoms with Gasteiger partial charge in [0.05, 0.1) is 12.7 Å². The van der Waals surface area contributed by atoms with E-state index >= 15 is 0 Å². The molecule has 7 nitrogen and oxygen atoms in total. The summed E-state index contributed by atoms with van der Waals surface area (Å²) in [4.78, 5) is 0. The number of nitrogens with two attached hydrogens (primary N) is 1. The standard InChI is InChI=1S/C30H63NO2.CH4O4S/c1-6-8-10-12-14-16-18-20-22-24-26-32-29(3,4)30(5,28-31)33-27-25-23-21-19-17-15-13-11-9-7-2;1-5-6(2,3)4/h6-28,31H2,1-5H3;1H3,(H,2,3,4). The summed E-state index contributed by atoms with van der Waals surface area (Å²) in [5, 5.41) is 0. The molecule has 0 saturated carbocycles. The maximum atomic E-state index is 9.33. The van der Waals surface area contributed by atoms with Crippen LogP contribution in [0.5, 0.6) is 0 Å². The zero-order valence-corrected chi connectivity index (χ0v) is 27.6.